The van der Waals surface area contributed by atoms with Crippen molar-refractivity contribution in [2.45, 2.75) is 61.5 Å². The minimum atomic E-state index is -3.15. The quantitative estimate of drug-likeness (QED) is 0.509. The lowest BCUT2D eigenvalue weighted by Gasteiger charge is -2.39. The van der Waals surface area contributed by atoms with Gasteiger partial charge in [0.1, 0.15) is 16.6 Å². The van der Waals surface area contributed by atoms with Gasteiger partial charge in [-0.05, 0) is 56.2 Å². The summed E-state index contributed by atoms with van der Waals surface area (Å²) in [5, 5.41) is 12.0. The number of ether oxygens (including phenoxy) is 1. The number of rotatable bonds is 3. The monoisotopic (exact) mass is 469 g/mol. The van der Waals surface area contributed by atoms with E-state index in [0.717, 1.165) is 22.6 Å². The zero-order valence-electron chi connectivity index (χ0n) is 14.5. The molecule has 1 aliphatic heterocycles. The molecule has 2 fully saturated rings. The Kier molecular flexibility index (Phi) is 5.25. The van der Waals surface area contributed by atoms with E-state index >= 15 is 0 Å². The van der Waals surface area contributed by atoms with E-state index in [0.29, 0.717) is 0 Å². The molecule has 1 aliphatic carbocycles. The Hall–Kier alpha value is -1.18. The van der Waals surface area contributed by atoms with Gasteiger partial charge >= 0.3 is 10.0 Å². The fraction of sp³-hybridized carbons (Fsp3) is 0.812. The topological polar surface area (TPSA) is 82.4 Å². The highest BCUT2D eigenvalue weighted by Crippen LogP contribution is 2.60. The Labute approximate surface area is 159 Å². The molecule has 2 rings (SSSR count). The molecule has 6 nitrogen and oxygen atoms in total. The van der Waals surface area contributed by atoms with E-state index in [1.807, 2.05) is 6.07 Å². The number of hydrogen-bond donors (Lipinski definition) is 1. The molecule has 0 aromatic carbocycles. The molecule has 1 N–H and O–H groups in total. The highest BCUT2D eigenvalue weighted by atomic mass is 127. The third kappa shape index (κ3) is 4.33. The number of amides is 2. The summed E-state index contributed by atoms with van der Waals surface area (Å²) in [5.74, 6) is -0.779. The zero-order chi connectivity index (χ0) is 19.1. The summed E-state index contributed by atoms with van der Waals surface area (Å²) in [5.41, 5.74) is -3.56. The first-order chi connectivity index (χ1) is 11.3. The van der Waals surface area contributed by atoms with Gasteiger partial charge in [0.05, 0.1) is 6.07 Å². The molecule has 1 heterocycles. The number of nitriles is 1. The Morgan fingerprint density at radius 2 is 1.72 bits per heavy atom. The summed E-state index contributed by atoms with van der Waals surface area (Å²) >= 11 is 0.986. The number of carbonyl (C=O) groups is 2. The smallest absolute Gasteiger partial charge is 0.410 e. The van der Waals surface area contributed by atoms with E-state index in [9.17, 15) is 23.6 Å². The molecule has 25 heavy (non-hydrogen) atoms. The lowest BCUT2D eigenvalue weighted by molar-refractivity contribution is -0.134. The number of nitrogens with one attached hydrogen (secondary N) is 1. The van der Waals surface area contributed by atoms with Crippen molar-refractivity contribution in [3.05, 3.63) is 0 Å². The van der Waals surface area contributed by atoms with Crippen LogP contribution in [-0.2, 0) is 9.53 Å². The average molecular weight is 469 g/mol. The zero-order valence-corrected chi connectivity index (χ0v) is 16.7. The van der Waals surface area contributed by atoms with Crippen LogP contribution in [0.15, 0.2) is 0 Å². The lowest BCUT2D eigenvalue weighted by atomic mass is 9.88. The molecule has 140 valence electrons. The largest absolute Gasteiger partial charge is 0.444 e. The summed E-state index contributed by atoms with van der Waals surface area (Å²) in [4.78, 5) is 25.9. The molecule has 2 amide bonds. The standard InChI is InChI=1S/C16H22F2IN3O3/c1-13(2,3)25-12(24)22-8-6-14(10-20,7-9-22)21-11(23)15(4-5-15)16(17,18)19/h4-9H2,1-3H3,(H,21,23). The third-order valence-electron chi connectivity index (χ3n) is 4.56. The normalized spacial score (nSPS) is 21.9. The molecule has 0 bridgehead atoms. The van der Waals surface area contributed by atoms with Crippen LogP contribution >= 0.6 is 22.6 Å². The van der Waals surface area contributed by atoms with Gasteiger partial charge in [-0.1, -0.05) is 0 Å². The highest BCUT2D eigenvalue weighted by molar-refractivity contribution is 14.1. The van der Waals surface area contributed by atoms with E-state index in [1.54, 1.807) is 20.8 Å². The highest BCUT2D eigenvalue weighted by Gasteiger charge is 2.66. The van der Waals surface area contributed by atoms with Crippen molar-refractivity contribution in [3.8, 4) is 6.07 Å². The number of piperidine rings is 1. The first-order valence-corrected chi connectivity index (χ1v) is 9.21. The van der Waals surface area contributed by atoms with Crippen molar-refractivity contribution < 1.29 is 23.1 Å². The molecule has 1 saturated heterocycles. The van der Waals surface area contributed by atoms with Crippen LogP contribution in [0.2, 0.25) is 0 Å². The third-order valence-corrected chi connectivity index (χ3v) is 5.60. The molecule has 0 unspecified atom stereocenters. The Morgan fingerprint density at radius 1 is 1.20 bits per heavy atom. The number of halogens is 3. The molecule has 0 aromatic rings. The number of carbonyl (C=O) groups excluding carboxylic acids is 2. The molecular weight excluding hydrogens is 447 g/mol. The SMILES string of the molecule is CC(C)(C)OC(=O)N1CCC(C#N)(NC(=O)C2(C(F)(F)I)CC2)CC1. The van der Waals surface area contributed by atoms with Crippen LogP contribution in [0, 0.1) is 16.7 Å². The Balaban J connectivity index is 1.99. The predicted octanol–water partition coefficient (Wildman–Crippen LogP) is 3.20. The van der Waals surface area contributed by atoms with Crippen LogP contribution in [0.5, 0.6) is 0 Å². The minimum Gasteiger partial charge on any atom is -0.444 e. The second-order valence-corrected chi connectivity index (χ2v) is 9.05. The maximum Gasteiger partial charge on any atom is 0.410 e. The average Bonchev–Trinajstić information content (AvgIpc) is 3.27. The maximum atomic E-state index is 13.7. The molecular formula is C16H22F2IN3O3. The second kappa shape index (κ2) is 6.52. The summed E-state index contributed by atoms with van der Waals surface area (Å²) in [7, 11) is 0. The summed E-state index contributed by atoms with van der Waals surface area (Å²) in [6.45, 7) is 5.71. The van der Waals surface area contributed by atoms with Gasteiger partial charge in [0.25, 0.3) is 0 Å². The van der Waals surface area contributed by atoms with E-state index in [4.69, 9.17) is 4.74 Å². The number of hydrogen-bond acceptors (Lipinski definition) is 4. The van der Waals surface area contributed by atoms with Crippen LogP contribution < -0.4 is 5.32 Å². The molecule has 2 aliphatic rings. The van der Waals surface area contributed by atoms with Crippen molar-refractivity contribution in [1.29, 1.82) is 5.26 Å². The van der Waals surface area contributed by atoms with Gasteiger partial charge in [-0.2, -0.15) is 14.0 Å². The van der Waals surface area contributed by atoms with Crippen LogP contribution in [0.1, 0.15) is 46.5 Å². The van der Waals surface area contributed by atoms with Crippen molar-refractivity contribution in [3.63, 3.8) is 0 Å². The first kappa shape index (κ1) is 20.1. The first-order valence-electron chi connectivity index (χ1n) is 8.13. The maximum absolute atomic E-state index is 13.7. The van der Waals surface area contributed by atoms with Crippen molar-refractivity contribution in [2.75, 3.05) is 13.1 Å². The number of nitrogens with zero attached hydrogens (tertiary/aromatic N) is 2. The molecule has 0 aromatic heterocycles. The second-order valence-electron chi connectivity index (χ2n) is 7.70. The molecule has 0 radical (unpaired) electrons. The molecule has 0 atom stereocenters. The van der Waals surface area contributed by atoms with Crippen molar-refractivity contribution in [2.24, 2.45) is 5.41 Å². The fourth-order valence-electron chi connectivity index (χ4n) is 2.76. The van der Waals surface area contributed by atoms with Crippen LogP contribution in [0.3, 0.4) is 0 Å². The summed E-state index contributed by atoms with van der Waals surface area (Å²) in [6, 6.07) is 2.05. The van der Waals surface area contributed by atoms with Gasteiger partial charge in [0.2, 0.25) is 5.91 Å². The minimum absolute atomic E-state index is 0.111. The van der Waals surface area contributed by atoms with E-state index in [2.05, 4.69) is 5.32 Å². The summed E-state index contributed by atoms with van der Waals surface area (Å²) in [6.07, 6.45) is 0.0953. The summed E-state index contributed by atoms with van der Waals surface area (Å²) < 4.78 is 29.5. The molecule has 1 saturated carbocycles. The van der Waals surface area contributed by atoms with E-state index in [1.165, 1.54) is 4.90 Å². The van der Waals surface area contributed by atoms with E-state index in [-0.39, 0.29) is 38.8 Å². The molecule has 0 spiro atoms. The van der Waals surface area contributed by atoms with E-state index < -0.39 is 32.5 Å². The van der Waals surface area contributed by atoms with Gasteiger partial charge in [-0.15, -0.1) is 0 Å². The van der Waals surface area contributed by atoms with Crippen molar-refractivity contribution in [1.82, 2.24) is 10.2 Å². The van der Waals surface area contributed by atoms with Crippen molar-refractivity contribution >= 4 is 34.6 Å². The Morgan fingerprint density at radius 3 is 2.08 bits per heavy atom. The van der Waals surface area contributed by atoms with Crippen LogP contribution in [0.25, 0.3) is 0 Å². The van der Waals surface area contributed by atoms with Crippen LogP contribution in [-0.4, -0.2) is 45.1 Å². The number of likely N-dealkylation sites (tertiary alicyclic amines) is 1. The van der Waals surface area contributed by atoms with Gasteiger partial charge in [-0.3, -0.25) is 4.79 Å². The Bertz CT molecular complexity index is 595. The fourth-order valence-corrected chi connectivity index (χ4v) is 3.55. The van der Waals surface area contributed by atoms with Gasteiger partial charge in [-0.25, -0.2) is 4.79 Å². The van der Waals surface area contributed by atoms with Gasteiger partial charge in [0.15, 0.2) is 0 Å². The predicted molar refractivity (Wildman–Crippen MR) is 94.2 cm³/mol. The van der Waals surface area contributed by atoms with Gasteiger partial charge < -0.3 is 15.0 Å². The van der Waals surface area contributed by atoms with Gasteiger partial charge in [0, 0.05) is 25.9 Å². The molecule has 9 heteroatoms. The lowest BCUT2D eigenvalue weighted by Crippen LogP contribution is -2.58. The van der Waals surface area contributed by atoms with Crippen LogP contribution in [0.4, 0.5) is 13.6 Å². The number of alkyl halides is 3.